The summed E-state index contributed by atoms with van der Waals surface area (Å²) in [7, 11) is -2.31. The van der Waals surface area contributed by atoms with E-state index in [2.05, 4.69) is 4.72 Å². The molecule has 1 aromatic rings. The summed E-state index contributed by atoms with van der Waals surface area (Å²) in [6.07, 6.45) is 0.252. The smallest absolute Gasteiger partial charge is 0.241 e. The molecule has 114 valence electrons. The van der Waals surface area contributed by atoms with Crippen molar-refractivity contribution in [3.63, 3.8) is 0 Å². The summed E-state index contributed by atoms with van der Waals surface area (Å²) in [6.45, 7) is 1.73. The van der Waals surface area contributed by atoms with Gasteiger partial charge in [-0.1, -0.05) is 11.6 Å². The van der Waals surface area contributed by atoms with Gasteiger partial charge in [-0.05, 0) is 31.0 Å². The highest BCUT2D eigenvalue weighted by Gasteiger charge is 2.21. The van der Waals surface area contributed by atoms with Crippen LogP contribution in [0.2, 0.25) is 5.02 Å². The van der Waals surface area contributed by atoms with Gasteiger partial charge in [0.05, 0.1) is 11.5 Å². The van der Waals surface area contributed by atoms with Crippen LogP contribution < -0.4 is 10.5 Å². The fourth-order valence-electron chi connectivity index (χ4n) is 1.65. The number of hydrogen-bond donors (Lipinski definition) is 3. The predicted octanol–water partition coefficient (Wildman–Crippen LogP) is 0.906. The number of nitrogen functional groups attached to an aromatic ring is 1. The van der Waals surface area contributed by atoms with Gasteiger partial charge in [-0.15, -0.1) is 0 Å². The third-order valence-electron chi connectivity index (χ3n) is 2.84. The van der Waals surface area contributed by atoms with Crippen LogP contribution in [-0.2, 0) is 14.8 Å². The van der Waals surface area contributed by atoms with Crippen molar-refractivity contribution in [2.24, 2.45) is 0 Å². The number of hydrogen-bond acceptors (Lipinski definition) is 5. The second-order valence-corrected chi connectivity index (χ2v) is 6.53. The number of sulfonamides is 1. The number of methoxy groups -OCH3 is 1. The zero-order valence-corrected chi connectivity index (χ0v) is 13.0. The third-order valence-corrected chi connectivity index (χ3v) is 4.73. The first-order chi connectivity index (χ1) is 9.31. The predicted molar refractivity (Wildman–Crippen MR) is 78.3 cm³/mol. The molecular weight excluding hydrogens is 304 g/mol. The van der Waals surface area contributed by atoms with Gasteiger partial charge in [-0.2, -0.15) is 0 Å². The van der Waals surface area contributed by atoms with E-state index in [1.54, 1.807) is 6.92 Å². The van der Waals surface area contributed by atoms with Crippen LogP contribution in [0.15, 0.2) is 17.0 Å². The Morgan fingerprint density at radius 2 is 2.15 bits per heavy atom. The molecule has 4 N–H and O–H groups in total. The zero-order chi connectivity index (χ0) is 15.3. The summed E-state index contributed by atoms with van der Waals surface area (Å²) >= 11 is 5.95. The molecule has 20 heavy (non-hydrogen) atoms. The number of benzene rings is 1. The van der Waals surface area contributed by atoms with E-state index in [-0.39, 0.29) is 29.6 Å². The molecule has 0 aliphatic rings. The maximum Gasteiger partial charge on any atom is 0.241 e. The summed E-state index contributed by atoms with van der Waals surface area (Å²) in [5, 5.41) is 9.21. The lowest BCUT2D eigenvalue weighted by Crippen LogP contribution is -2.38. The highest BCUT2D eigenvalue weighted by atomic mass is 35.5. The molecule has 0 heterocycles. The summed E-state index contributed by atoms with van der Waals surface area (Å²) in [5.74, 6) is 0. The van der Waals surface area contributed by atoms with E-state index in [1.807, 2.05) is 0 Å². The lowest BCUT2D eigenvalue weighted by molar-refractivity contribution is 0.158. The molecule has 0 aliphatic carbocycles. The van der Waals surface area contributed by atoms with Crippen molar-refractivity contribution in [3.8, 4) is 0 Å². The van der Waals surface area contributed by atoms with Gasteiger partial charge in [0.2, 0.25) is 10.0 Å². The number of anilines is 1. The Balaban J connectivity index is 3.04. The first-order valence-electron chi connectivity index (χ1n) is 5.99. The normalized spacial score (nSPS) is 13.4. The second kappa shape index (κ2) is 7.24. The van der Waals surface area contributed by atoms with Crippen LogP contribution in [0.3, 0.4) is 0 Å². The minimum atomic E-state index is -3.77. The highest BCUT2D eigenvalue weighted by Crippen LogP contribution is 2.26. The van der Waals surface area contributed by atoms with Crippen LogP contribution in [0.4, 0.5) is 5.69 Å². The van der Waals surface area contributed by atoms with E-state index in [4.69, 9.17) is 27.2 Å². The minimum Gasteiger partial charge on any atom is -0.398 e. The van der Waals surface area contributed by atoms with Crippen molar-refractivity contribution in [3.05, 3.63) is 22.7 Å². The molecule has 1 aromatic carbocycles. The van der Waals surface area contributed by atoms with E-state index in [0.717, 1.165) is 0 Å². The van der Waals surface area contributed by atoms with Crippen molar-refractivity contribution in [2.45, 2.75) is 24.3 Å². The van der Waals surface area contributed by atoms with Gasteiger partial charge in [0.25, 0.3) is 0 Å². The van der Waals surface area contributed by atoms with Crippen LogP contribution in [0, 0.1) is 6.92 Å². The van der Waals surface area contributed by atoms with Crippen LogP contribution in [0.25, 0.3) is 0 Å². The van der Waals surface area contributed by atoms with Crippen LogP contribution in [-0.4, -0.2) is 39.9 Å². The molecule has 0 radical (unpaired) electrons. The second-order valence-electron chi connectivity index (χ2n) is 4.41. The minimum absolute atomic E-state index is 0.00959. The fraction of sp³-hybridized carbons (Fsp3) is 0.500. The first-order valence-corrected chi connectivity index (χ1v) is 7.85. The van der Waals surface area contributed by atoms with E-state index in [1.165, 1.54) is 19.2 Å². The fourth-order valence-corrected chi connectivity index (χ4v) is 3.26. The largest absolute Gasteiger partial charge is 0.398 e. The number of halogens is 1. The number of nitrogens with two attached hydrogens (primary N) is 1. The number of rotatable bonds is 7. The summed E-state index contributed by atoms with van der Waals surface area (Å²) in [4.78, 5) is -0.00959. The number of nitrogens with one attached hydrogen (secondary N) is 1. The SMILES string of the molecule is COCC(CCO)NS(=O)(=O)c1cc(N)c(C)c(Cl)c1. The van der Waals surface area contributed by atoms with Crippen LogP contribution >= 0.6 is 11.6 Å². The van der Waals surface area contributed by atoms with E-state index < -0.39 is 16.1 Å². The summed E-state index contributed by atoms with van der Waals surface area (Å²) < 4.78 is 31.9. The van der Waals surface area contributed by atoms with Gasteiger partial charge in [-0.25, -0.2) is 13.1 Å². The van der Waals surface area contributed by atoms with Crippen LogP contribution in [0.5, 0.6) is 0 Å². The standard InChI is InChI=1S/C12H19ClN2O4S/c1-8-11(13)5-10(6-12(8)14)20(17,18)15-9(3-4-16)7-19-2/h5-6,9,15-16H,3-4,7,14H2,1-2H3. The quantitative estimate of drug-likeness (QED) is 0.648. The molecule has 0 aliphatic heterocycles. The molecule has 0 bridgehead atoms. The average Bonchev–Trinajstić information content (AvgIpc) is 2.35. The topological polar surface area (TPSA) is 102 Å². The molecule has 8 heteroatoms. The molecule has 0 spiro atoms. The molecule has 0 saturated carbocycles. The summed E-state index contributed by atoms with van der Waals surface area (Å²) in [6, 6.07) is 2.18. The van der Waals surface area contributed by atoms with Crippen molar-refractivity contribution in [1.82, 2.24) is 4.72 Å². The first kappa shape index (κ1) is 17.2. The Labute approximate surface area is 123 Å². The molecule has 1 rings (SSSR count). The summed E-state index contributed by atoms with van der Waals surface area (Å²) in [5.41, 5.74) is 6.67. The Morgan fingerprint density at radius 3 is 2.65 bits per heavy atom. The molecule has 0 amide bonds. The molecule has 6 nitrogen and oxygen atoms in total. The van der Waals surface area contributed by atoms with E-state index >= 15 is 0 Å². The average molecular weight is 323 g/mol. The third kappa shape index (κ3) is 4.32. The molecule has 1 atom stereocenters. The van der Waals surface area contributed by atoms with E-state index in [0.29, 0.717) is 11.3 Å². The lowest BCUT2D eigenvalue weighted by Gasteiger charge is -2.17. The van der Waals surface area contributed by atoms with E-state index in [9.17, 15) is 8.42 Å². The van der Waals surface area contributed by atoms with Gasteiger partial charge in [0.15, 0.2) is 0 Å². The Bertz CT molecular complexity index is 534. The number of aliphatic hydroxyl groups is 1. The Kier molecular flexibility index (Phi) is 6.22. The number of ether oxygens (including phenoxy) is 1. The van der Waals surface area contributed by atoms with Gasteiger partial charge in [-0.3, -0.25) is 0 Å². The molecular formula is C12H19ClN2O4S. The van der Waals surface area contributed by atoms with Gasteiger partial charge >= 0.3 is 0 Å². The van der Waals surface area contributed by atoms with Crippen molar-refractivity contribution >= 4 is 27.3 Å². The maximum atomic E-state index is 12.2. The molecule has 0 aromatic heterocycles. The Morgan fingerprint density at radius 1 is 1.50 bits per heavy atom. The highest BCUT2D eigenvalue weighted by molar-refractivity contribution is 7.89. The zero-order valence-electron chi connectivity index (χ0n) is 11.4. The van der Waals surface area contributed by atoms with Gasteiger partial charge in [0, 0.05) is 30.5 Å². The van der Waals surface area contributed by atoms with Crippen molar-refractivity contribution in [2.75, 3.05) is 26.1 Å². The molecule has 1 unspecified atom stereocenters. The molecule has 0 fully saturated rings. The monoisotopic (exact) mass is 322 g/mol. The van der Waals surface area contributed by atoms with Gasteiger partial charge in [0.1, 0.15) is 0 Å². The van der Waals surface area contributed by atoms with Crippen LogP contribution in [0.1, 0.15) is 12.0 Å². The van der Waals surface area contributed by atoms with Gasteiger partial charge < -0.3 is 15.6 Å². The number of aliphatic hydroxyl groups excluding tert-OH is 1. The van der Waals surface area contributed by atoms with Crippen molar-refractivity contribution in [1.29, 1.82) is 0 Å². The lowest BCUT2D eigenvalue weighted by atomic mass is 10.2. The van der Waals surface area contributed by atoms with Crippen molar-refractivity contribution < 1.29 is 18.3 Å². The Hall–Kier alpha value is -0.860. The maximum absolute atomic E-state index is 12.2. The molecule has 0 saturated heterocycles.